The van der Waals surface area contributed by atoms with Crippen molar-refractivity contribution in [1.82, 2.24) is 9.80 Å². The molecule has 0 spiro atoms. The van der Waals surface area contributed by atoms with Gasteiger partial charge in [0.1, 0.15) is 24.7 Å². The SMILES string of the molecule is O=C(CN1C(=O)S/C(=C\c2ccc(OCc3c(F)cccc3Cl)cc2)C1=O)N1CCOCC1. The Morgan fingerprint density at radius 2 is 1.88 bits per heavy atom. The first-order valence-corrected chi connectivity index (χ1v) is 11.4. The van der Waals surface area contributed by atoms with Crippen LogP contribution >= 0.6 is 23.4 Å². The van der Waals surface area contributed by atoms with Crippen LogP contribution in [0.2, 0.25) is 5.02 Å². The Kier molecular flexibility index (Phi) is 7.32. The summed E-state index contributed by atoms with van der Waals surface area (Å²) in [5.41, 5.74) is 0.944. The molecule has 2 aromatic carbocycles. The average Bonchev–Trinajstić information content (AvgIpc) is 3.07. The van der Waals surface area contributed by atoms with Crippen molar-refractivity contribution in [3.05, 3.63) is 69.3 Å². The first kappa shape index (κ1) is 23.3. The summed E-state index contributed by atoms with van der Waals surface area (Å²) in [5.74, 6) is -0.725. The second-order valence-corrected chi connectivity index (χ2v) is 8.72. The van der Waals surface area contributed by atoms with Gasteiger partial charge in [-0.3, -0.25) is 19.3 Å². The van der Waals surface area contributed by atoms with E-state index in [0.717, 1.165) is 16.7 Å². The van der Waals surface area contributed by atoms with Crippen molar-refractivity contribution in [3.63, 3.8) is 0 Å². The van der Waals surface area contributed by atoms with Gasteiger partial charge >= 0.3 is 0 Å². The molecule has 33 heavy (non-hydrogen) atoms. The molecule has 2 aromatic rings. The Morgan fingerprint density at radius 3 is 2.58 bits per heavy atom. The fourth-order valence-corrected chi connectivity index (χ4v) is 4.38. The van der Waals surface area contributed by atoms with E-state index in [0.29, 0.717) is 37.6 Å². The predicted molar refractivity (Wildman–Crippen MR) is 122 cm³/mol. The highest BCUT2D eigenvalue weighted by Crippen LogP contribution is 2.32. The average molecular weight is 491 g/mol. The van der Waals surface area contributed by atoms with Crippen LogP contribution in [0.5, 0.6) is 5.75 Å². The van der Waals surface area contributed by atoms with Gasteiger partial charge in [-0.05, 0) is 47.7 Å². The van der Waals surface area contributed by atoms with E-state index in [9.17, 15) is 18.8 Å². The van der Waals surface area contributed by atoms with E-state index < -0.39 is 17.0 Å². The van der Waals surface area contributed by atoms with E-state index in [1.54, 1.807) is 41.3 Å². The molecule has 7 nitrogen and oxygen atoms in total. The second-order valence-electron chi connectivity index (χ2n) is 7.32. The van der Waals surface area contributed by atoms with Crippen molar-refractivity contribution in [1.29, 1.82) is 0 Å². The standard InChI is InChI=1S/C23H20ClFN2O5S/c24-18-2-1-3-19(25)17(18)14-32-16-6-4-15(5-7-16)12-20-22(29)27(23(30)33-20)13-21(28)26-8-10-31-11-9-26/h1-7,12H,8-11,13-14H2/b20-12-. The normalized spacial score (nSPS) is 17.7. The van der Waals surface area contributed by atoms with E-state index >= 15 is 0 Å². The Hall–Kier alpha value is -2.88. The van der Waals surface area contributed by atoms with E-state index in [4.69, 9.17) is 21.1 Å². The number of benzene rings is 2. The van der Waals surface area contributed by atoms with Crippen LogP contribution in [0.3, 0.4) is 0 Å². The van der Waals surface area contributed by atoms with Crippen LogP contribution in [0, 0.1) is 5.82 Å². The summed E-state index contributed by atoms with van der Waals surface area (Å²) in [4.78, 5) is 40.2. The van der Waals surface area contributed by atoms with Gasteiger partial charge in [-0.15, -0.1) is 0 Å². The lowest BCUT2D eigenvalue weighted by atomic mass is 10.2. The number of thioether (sulfide) groups is 1. The van der Waals surface area contributed by atoms with E-state index in [1.165, 1.54) is 12.1 Å². The summed E-state index contributed by atoms with van der Waals surface area (Å²) in [6.07, 6.45) is 1.58. The molecule has 2 aliphatic rings. The van der Waals surface area contributed by atoms with Gasteiger partial charge in [-0.2, -0.15) is 0 Å². The van der Waals surface area contributed by atoms with Crippen LogP contribution in [0.1, 0.15) is 11.1 Å². The minimum atomic E-state index is -0.499. The highest BCUT2D eigenvalue weighted by Gasteiger charge is 2.37. The Balaban J connectivity index is 1.38. The maximum absolute atomic E-state index is 13.9. The van der Waals surface area contributed by atoms with Gasteiger partial charge in [0.25, 0.3) is 11.1 Å². The lowest BCUT2D eigenvalue weighted by Gasteiger charge is -2.28. The van der Waals surface area contributed by atoms with Gasteiger partial charge < -0.3 is 14.4 Å². The zero-order valence-corrected chi connectivity index (χ0v) is 19.0. The first-order valence-electron chi connectivity index (χ1n) is 10.2. The number of hydrogen-bond donors (Lipinski definition) is 0. The Morgan fingerprint density at radius 1 is 1.15 bits per heavy atom. The van der Waals surface area contributed by atoms with Gasteiger partial charge in [-0.25, -0.2) is 4.39 Å². The quantitative estimate of drug-likeness (QED) is 0.571. The van der Waals surface area contributed by atoms with Gasteiger partial charge in [0.05, 0.1) is 23.1 Å². The largest absolute Gasteiger partial charge is 0.489 e. The number of hydrogen-bond acceptors (Lipinski definition) is 6. The maximum atomic E-state index is 13.9. The molecule has 0 bridgehead atoms. The molecule has 2 saturated heterocycles. The Labute approximate surface area is 199 Å². The number of carbonyl (C=O) groups excluding carboxylic acids is 3. The highest BCUT2D eigenvalue weighted by molar-refractivity contribution is 8.18. The first-order chi connectivity index (χ1) is 15.9. The zero-order chi connectivity index (χ0) is 23.4. The van der Waals surface area contributed by atoms with Gasteiger partial charge in [0, 0.05) is 18.7 Å². The molecule has 2 aliphatic heterocycles. The van der Waals surface area contributed by atoms with E-state index in [1.807, 2.05) is 0 Å². The summed E-state index contributed by atoms with van der Waals surface area (Å²) in [5, 5.41) is -0.191. The lowest BCUT2D eigenvalue weighted by Crippen LogP contribution is -2.46. The maximum Gasteiger partial charge on any atom is 0.294 e. The molecule has 0 N–H and O–H groups in total. The number of imide groups is 1. The van der Waals surface area contributed by atoms with Gasteiger partial charge in [-0.1, -0.05) is 29.8 Å². The van der Waals surface area contributed by atoms with Crippen molar-refractivity contribution in [2.75, 3.05) is 32.8 Å². The van der Waals surface area contributed by atoms with E-state index in [-0.39, 0.29) is 34.6 Å². The van der Waals surface area contributed by atoms with Crippen LogP contribution in [-0.2, 0) is 20.9 Å². The lowest BCUT2D eigenvalue weighted by molar-refractivity contribution is -0.139. The molecule has 4 rings (SSSR count). The van der Waals surface area contributed by atoms with E-state index in [2.05, 4.69) is 0 Å². The molecule has 0 aromatic heterocycles. The summed E-state index contributed by atoms with van der Waals surface area (Å²) >= 11 is 6.80. The third-order valence-electron chi connectivity index (χ3n) is 5.15. The topological polar surface area (TPSA) is 76.2 Å². The summed E-state index contributed by atoms with van der Waals surface area (Å²) in [6.45, 7) is 1.47. The molecule has 2 heterocycles. The van der Waals surface area contributed by atoms with Crippen LogP contribution in [-0.4, -0.2) is 59.7 Å². The van der Waals surface area contributed by atoms with Gasteiger partial charge in [0.2, 0.25) is 5.91 Å². The molecule has 172 valence electrons. The molecule has 0 aliphatic carbocycles. The number of nitrogens with zero attached hydrogens (tertiary/aromatic N) is 2. The predicted octanol–water partition coefficient (Wildman–Crippen LogP) is 3.95. The molecule has 0 unspecified atom stereocenters. The van der Waals surface area contributed by atoms with Crippen LogP contribution in [0.25, 0.3) is 6.08 Å². The number of halogens is 2. The third kappa shape index (κ3) is 5.55. The monoisotopic (exact) mass is 490 g/mol. The third-order valence-corrected chi connectivity index (χ3v) is 6.41. The fraction of sp³-hybridized carbons (Fsp3) is 0.261. The molecule has 3 amide bonds. The molecular formula is C23H20ClFN2O5S. The van der Waals surface area contributed by atoms with Crippen molar-refractivity contribution >= 4 is 46.5 Å². The Bertz CT molecular complexity index is 1080. The van der Waals surface area contributed by atoms with Crippen molar-refractivity contribution < 1.29 is 28.2 Å². The number of morpholine rings is 1. The smallest absolute Gasteiger partial charge is 0.294 e. The van der Waals surface area contributed by atoms with Crippen LogP contribution in [0.4, 0.5) is 9.18 Å². The minimum Gasteiger partial charge on any atom is -0.489 e. The molecule has 2 fully saturated rings. The van der Waals surface area contributed by atoms with Crippen LogP contribution < -0.4 is 4.74 Å². The zero-order valence-electron chi connectivity index (χ0n) is 17.5. The minimum absolute atomic E-state index is 0.0269. The van der Waals surface area contributed by atoms with Crippen LogP contribution in [0.15, 0.2) is 47.4 Å². The molecule has 10 heteroatoms. The number of rotatable bonds is 6. The number of carbonyl (C=O) groups is 3. The molecule has 0 atom stereocenters. The summed E-state index contributed by atoms with van der Waals surface area (Å²) in [6, 6.07) is 11.2. The fourth-order valence-electron chi connectivity index (χ4n) is 3.32. The molecule has 0 radical (unpaired) electrons. The van der Waals surface area contributed by atoms with Crippen molar-refractivity contribution in [3.8, 4) is 5.75 Å². The summed E-state index contributed by atoms with van der Waals surface area (Å²) in [7, 11) is 0. The second kappa shape index (κ2) is 10.4. The molecular weight excluding hydrogens is 471 g/mol. The summed E-state index contributed by atoms with van der Waals surface area (Å²) < 4.78 is 24.7. The van der Waals surface area contributed by atoms with Crippen molar-refractivity contribution in [2.45, 2.75) is 6.61 Å². The number of amides is 3. The highest BCUT2D eigenvalue weighted by atomic mass is 35.5. The molecule has 0 saturated carbocycles. The van der Waals surface area contributed by atoms with Gasteiger partial charge in [0.15, 0.2) is 0 Å². The van der Waals surface area contributed by atoms with Crippen molar-refractivity contribution in [2.24, 2.45) is 0 Å². The number of ether oxygens (including phenoxy) is 2.